The molecule has 0 bridgehead atoms. The second kappa shape index (κ2) is 4.19. The van der Waals surface area contributed by atoms with Gasteiger partial charge < -0.3 is 10.2 Å². The van der Waals surface area contributed by atoms with Crippen LogP contribution in [0.5, 0.6) is 0 Å². The van der Waals surface area contributed by atoms with Gasteiger partial charge in [0.2, 0.25) is 0 Å². The maximum Gasteiger partial charge on any atom is 0.125 e. The first-order valence-corrected chi connectivity index (χ1v) is 5.41. The van der Waals surface area contributed by atoms with E-state index in [0.717, 1.165) is 25.2 Å². The van der Waals surface area contributed by atoms with Crippen molar-refractivity contribution in [2.24, 2.45) is 0 Å². The normalized spacial score (nSPS) is 16.6. The molecular weight excluding hydrogens is 191 g/mol. The maximum absolute atomic E-state index is 13.1. The van der Waals surface area contributed by atoms with Crippen molar-refractivity contribution in [1.29, 1.82) is 0 Å². The highest BCUT2D eigenvalue weighted by Gasteiger charge is 2.20. The summed E-state index contributed by atoms with van der Waals surface area (Å²) < 4.78 is 13.1. The van der Waals surface area contributed by atoms with Gasteiger partial charge in [0.05, 0.1) is 0 Å². The zero-order valence-electron chi connectivity index (χ0n) is 9.26. The molecule has 2 rings (SSSR count). The fourth-order valence-electron chi connectivity index (χ4n) is 2.03. The van der Waals surface area contributed by atoms with Crippen LogP contribution < -0.4 is 10.2 Å². The van der Waals surface area contributed by atoms with Crippen LogP contribution in [0.2, 0.25) is 0 Å². The van der Waals surface area contributed by atoms with E-state index < -0.39 is 0 Å². The predicted molar refractivity (Wildman–Crippen MR) is 60.8 cm³/mol. The molecule has 0 amide bonds. The summed E-state index contributed by atoms with van der Waals surface area (Å²) in [7, 11) is 1.95. The fraction of sp³-hybridized carbons (Fsp3) is 0.500. The molecule has 1 aromatic rings. The van der Waals surface area contributed by atoms with Gasteiger partial charge in [-0.25, -0.2) is 4.39 Å². The summed E-state index contributed by atoms with van der Waals surface area (Å²) in [6.45, 7) is 4.08. The summed E-state index contributed by atoms with van der Waals surface area (Å²) in [5.41, 5.74) is 2.33. The Balaban J connectivity index is 2.16. The van der Waals surface area contributed by atoms with Crippen molar-refractivity contribution in [2.45, 2.75) is 19.4 Å². The topological polar surface area (TPSA) is 15.3 Å². The van der Waals surface area contributed by atoms with Crippen LogP contribution in [0.15, 0.2) is 18.2 Å². The van der Waals surface area contributed by atoms with Crippen molar-refractivity contribution >= 4 is 5.69 Å². The van der Waals surface area contributed by atoms with Crippen LogP contribution in [-0.2, 0) is 6.42 Å². The number of anilines is 1. The minimum Gasteiger partial charge on any atom is -0.369 e. The Morgan fingerprint density at radius 3 is 3.07 bits per heavy atom. The van der Waals surface area contributed by atoms with E-state index in [-0.39, 0.29) is 5.82 Å². The van der Waals surface area contributed by atoms with Crippen molar-refractivity contribution in [3.63, 3.8) is 0 Å². The molecule has 0 fully saturated rings. The molecule has 1 unspecified atom stereocenters. The van der Waals surface area contributed by atoms with E-state index in [1.54, 1.807) is 12.1 Å². The molecule has 82 valence electrons. The summed E-state index contributed by atoms with van der Waals surface area (Å²) >= 11 is 0. The molecule has 0 aromatic heterocycles. The van der Waals surface area contributed by atoms with Crippen LogP contribution in [0, 0.1) is 5.82 Å². The molecule has 0 saturated heterocycles. The second-order valence-electron chi connectivity index (χ2n) is 4.16. The number of nitrogens with one attached hydrogen (secondary N) is 1. The van der Waals surface area contributed by atoms with Gasteiger partial charge in [-0.15, -0.1) is 0 Å². The van der Waals surface area contributed by atoms with Gasteiger partial charge in [0.25, 0.3) is 0 Å². The van der Waals surface area contributed by atoms with Gasteiger partial charge >= 0.3 is 0 Å². The molecule has 1 atom stereocenters. The molecule has 2 nitrogen and oxygen atoms in total. The Hall–Kier alpha value is -1.09. The number of hydrogen-bond acceptors (Lipinski definition) is 2. The molecule has 0 radical (unpaired) electrons. The van der Waals surface area contributed by atoms with Crippen LogP contribution >= 0.6 is 0 Å². The van der Waals surface area contributed by atoms with Gasteiger partial charge in [-0.05, 0) is 38.1 Å². The number of fused-ring (bicyclic) bond motifs is 1. The zero-order valence-corrected chi connectivity index (χ0v) is 9.26. The van der Waals surface area contributed by atoms with Crippen LogP contribution in [0.4, 0.5) is 10.1 Å². The third kappa shape index (κ3) is 2.12. The number of nitrogens with zero attached hydrogens (tertiary/aromatic N) is 1. The van der Waals surface area contributed by atoms with E-state index in [9.17, 15) is 4.39 Å². The van der Waals surface area contributed by atoms with Crippen molar-refractivity contribution in [3.05, 3.63) is 29.6 Å². The van der Waals surface area contributed by atoms with Gasteiger partial charge in [-0.2, -0.15) is 0 Å². The molecule has 15 heavy (non-hydrogen) atoms. The number of halogens is 1. The smallest absolute Gasteiger partial charge is 0.125 e. The molecule has 1 aliphatic rings. The highest BCUT2D eigenvalue weighted by atomic mass is 19.1. The van der Waals surface area contributed by atoms with Gasteiger partial charge in [0.1, 0.15) is 5.82 Å². The van der Waals surface area contributed by atoms with Gasteiger partial charge in [0.15, 0.2) is 0 Å². The van der Waals surface area contributed by atoms with Crippen LogP contribution in [0.3, 0.4) is 0 Å². The number of rotatable bonds is 3. The Kier molecular flexibility index (Phi) is 2.91. The molecule has 0 aliphatic carbocycles. The van der Waals surface area contributed by atoms with E-state index in [1.165, 1.54) is 5.56 Å². The standard InChI is InChI=1S/C12H17FN2/c1-9(14-2)8-15-6-5-10-3-4-11(13)7-12(10)15/h3-4,7,9,14H,5-6,8H2,1-2H3. The predicted octanol–water partition coefficient (Wildman–Crippen LogP) is 1.80. The van der Waals surface area contributed by atoms with Crippen LogP contribution in [0.1, 0.15) is 12.5 Å². The number of likely N-dealkylation sites (N-methyl/N-ethyl adjacent to an activating group) is 1. The van der Waals surface area contributed by atoms with Crippen molar-refractivity contribution in [1.82, 2.24) is 5.32 Å². The molecule has 3 heteroatoms. The Morgan fingerprint density at radius 1 is 1.53 bits per heavy atom. The lowest BCUT2D eigenvalue weighted by Crippen LogP contribution is -2.36. The Labute approximate surface area is 90.1 Å². The van der Waals surface area contributed by atoms with Crippen LogP contribution in [-0.4, -0.2) is 26.2 Å². The van der Waals surface area contributed by atoms with Gasteiger partial charge in [-0.1, -0.05) is 6.07 Å². The van der Waals surface area contributed by atoms with Crippen molar-refractivity contribution in [2.75, 3.05) is 25.0 Å². The zero-order chi connectivity index (χ0) is 10.8. The van der Waals surface area contributed by atoms with Crippen LogP contribution in [0.25, 0.3) is 0 Å². The molecule has 1 aliphatic heterocycles. The van der Waals surface area contributed by atoms with Crippen molar-refractivity contribution in [3.8, 4) is 0 Å². The quantitative estimate of drug-likeness (QED) is 0.814. The highest BCUT2D eigenvalue weighted by Crippen LogP contribution is 2.28. The largest absolute Gasteiger partial charge is 0.369 e. The monoisotopic (exact) mass is 208 g/mol. The lowest BCUT2D eigenvalue weighted by molar-refractivity contribution is 0.592. The summed E-state index contributed by atoms with van der Waals surface area (Å²) in [5, 5.41) is 3.20. The van der Waals surface area contributed by atoms with E-state index in [2.05, 4.69) is 17.1 Å². The molecule has 1 heterocycles. The first-order valence-electron chi connectivity index (χ1n) is 5.41. The molecule has 1 aromatic carbocycles. The average Bonchev–Trinajstić information content (AvgIpc) is 2.61. The first kappa shape index (κ1) is 10.4. The fourth-order valence-corrected chi connectivity index (χ4v) is 2.03. The van der Waals surface area contributed by atoms with E-state index in [4.69, 9.17) is 0 Å². The number of hydrogen-bond donors (Lipinski definition) is 1. The first-order chi connectivity index (χ1) is 7.20. The second-order valence-corrected chi connectivity index (χ2v) is 4.16. The Bertz CT molecular complexity index is 351. The minimum absolute atomic E-state index is 0.141. The minimum atomic E-state index is -0.141. The lowest BCUT2D eigenvalue weighted by atomic mass is 10.1. The van der Waals surface area contributed by atoms with E-state index in [0.29, 0.717) is 6.04 Å². The van der Waals surface area contributed by atoms with Crippen molar-refractivity contribution < 1.29 is 4.39 Å². The van der Waals surface area contributed by atoms with E-state index >= 15 is 0 Å². The summed E-state index contributed by atoms with van der Waals surface area (Å²) in [4.78, 5) is 2.25. The molecular formula is C12H17FN2. The summed E-state index contributed by atoms with van der Waals surface area (Å²) in [5.74, 6) is -0.141. The number of benzene rings is 1. The summed E-state index contributed by atoms with van der Waals surface area (Å²) in [6.07, 6.45) is 1.03. The van der Waals surface area contributed by atoms with Gasteiger partial charge in [0, 0.05) is 24.8 Å². The molecule has 0 saturated carbocycles. The van der Waals surface area contributed by atoms with E-state index in [1.807, 2.05) is 13.1 Å². The summed E-state index contributed by atoms with van der Waals surface area (Å²) in [6, 6.07) is 5.52. The van der Waals surface area contributed by atoms with Gasteiger partial charge in [-0.3, -0.25) is 0 Å². The molecule has 0 spiro atoms. The molecule has 1 N–H and O–H groups in total. The Morgan fingerprint density at radius 2 is 2.33 bits per heavy atom. The lowest BCUT2D eigenvalue weighted by Gasteiger charge is -2.23. The maximum atomic E-state index is 13.1. The SMILES string of the molecule is CNC(C)CN1CCc2ccc(F)cc21. The highest BCUT2D eigenvalue weighted by molar-refractivity contribution is 5.58. The third-order valence-corrected chi connectivity index (χ3v) is 3.03. The third-order valence-electron chi connectivity index (χ3n) is 3.03. The average molecular weight is 208 g/mol.